The molecule has 0 fully saturated rings. The number of aliphatic hydroxyl groups is 1. The normalized spacial score (nSPS) is 14.0. The summed E-state index contributed by atoms with van der Waals surface area (Å²) in [6, 6.07) is 10.3. The lowest BCUT2D eigenvalue weighted by atomic mass is 10.3. The number of anilines is 1. The second kappa shape index (κ2) is 7.01. The monoisotopic (exact) mass is 328 g/mol. The molecule has 7 nitrogen and oxygen atoms in total. The number of nitrogens with one attached hydrogen (secondary N) is 1. The smallest absolute Gasteiger partial charge is 0.277 e. The van der Waals surface area contributed by atoms with Gasteiger partial charge in [-0.25, -0.2) is 0 Å². The number of benzene rings is 1. The summed E-state index contributed by atoms with van der Waals surface area (Å²) in [4.78, 5) is 25.4. The fourth-order valence-corrected chi connectivity index (χ4v) is 2.26. The average molecular weight is 328 g/mol. The van der Waals surface area contributed by atoms with Crippen molar-refractivity contribution in [3.63, 3.8) is 0 Å². The Morgan fingerprint density at radius 3 is 2.62 bits per heavy atom. The third-order valence-electron chi connectivity index (χ3n) is 3.40. The van der Waals surface area contributed by atoms with E-state index in [1.807, 2.05) is 0 Å². The van der Waals surface area contributed by atoms with Gasteiger partial charge in [-0.15, -0.1) is 0 Å². The van der Waals surface area contributed by atoms with Gasteiger partial charge in [-0.3, -0.25) is 14.5 Å². The molecule has 0 spiro atoms. The second-order valence-electron chi connectivity index (χ2n) is 5.09. The maximum Gasteiger partial charge on any atom is 0.277 e. The molecule has 0 saturated heterocycles. The summed E-state index contributed by atoms with van der Waals surface area (Å²) in [6.45, 7) is 0.252. The van der Waals surface area contributed by atoms with Crippen LogP contribution in [0, 0.1) is 0 Å². The van der Waals surface area contributed by atoms with E-state index in [4.69, 9.17) is 14.3 Å². The number of hydrogen-bond acceptors (Lipinski definition) is 6. The fraction of sp³-hybridized carbons (Fsp3) is 0.176. The highest BCUT2D eigenvalue weighted by Gasteiger charge is 2.31. The molecule has 2 N–H and O–H groups in total. The number of imide groups is 1. The molecule has 0 bridgehead atoms. The lowest BCUT2D eigenvalue weighted by Crippen LogP contribution is -2.31. The molecule has 2 amide bonds. The molecule has 1 aromatic carbocycles. The van der Waals surface area contributed by atoms with E-state index in [9.17, 15) is 9.59 Å². The molecule has 0 aliphatic carbocycles. The fourth-order valence-electron chi connectivity index (χ4n) is 2.26. The van der Waals surface area contributed by atoms with Gasteiger partial charge in [-0.05, 0) is 36.4 Å². The number of carbonyl (C=O) groups is 2. The predicted octanol–water partition coefficient (Wildman–Crippen LogP) is 1.52. The van der Waals surface area contributed by atoms with Crippen LogP contribution in [0.25, 0.3) is 0 Å². The van der Waals surface area contributed by atoms with Crippen molar-refractivity contribution in [2.24, 2.45) is 0 Å². The number of hydrogen-bond donors (Lipinski definition) is 2. The van der Waals surface area contributed by atoms with E-state index in [2.05, 4.69) is 5.32 Å². The van der Waals surface area contributed by atoms with E-state index >= 15 is 0 Å². The summed E-state index contributed by atoms with van der Waals surface area (Å²) in [6.07, 6.45) is 2.76. The van der Waals surface area contributed by atoms with E-state index in [1.54, 1.807) is 36.4 Å². The van der Waals surface area contributed by atoms with Crippen LogP contribution >= 0.6 is 0 Å². The Labute approximate surface area is 138 Å². The standard InChI is InChI=1S/C17H16N2O5/c20-7-9-24-13-5-3-12(4-6-13)18-15-10-16(21)19(17(15)22)11-14-2-1-8-23-14/h1-6,8,10,18,20H,7,9,11H2. The number of rotatable bonds is 7. The Bertz CT molecular complexity index is 750. The summed E-state index contributed by atoms with van der Waals surface area (Å²) in [5.74, 6) is 0.354. The summed E-state index contributed by atoms with van der Waals surface area (Å²) < 4.78 is 10.4. The lowest BCUT2D eigenvalue weighted by Gasteiger charge is -2.13. The molecule has 7 heteroatoms. The van der Waals surface area contributed by atoms with Crippen molar-refractivity contribution in [3.05, 3.63) is 60.2 Å². The molecule has 1 aliphatic heterocycles. The van der Waals surface area contributed by atoms with Crippen molar-refractivity contribution in [1.29, 1.82) is 0 Å². The molecule has 124 valence electrons. The number of aliphatic hydroxyl groups excluding tert-OH is 1. The molecule has 0 saturated carbocycles. The zero-order valence-corrected chi connectivity index (χ0v) is 12.8. The Kier molecular flexibility index (Phi) is 4.62. The Balaban J connectivity index is 1.64. The van der Waals surface area contributed by atoms with Crippen LogP contribution in [-0.4, -0.2) is 35.0 Å². The molecule has 0 atom stereocenters. The summed E-state index contributed by atoms with van der Waals surface area (Å²) in [7, 11) is 0. The molecule has 1 aliphatic rings. The van der Waals surface area contributed by atoms with Crippen molar-refractivity contribution >= 4 is 17.5 Å². The Hall–Kier alpha value is -3.06. The molecule has 2 aromatic rings. The van der Waals surface area contributed by atoms with Crippen LogP contribution in [-0.2, 0) is 16.1 Å². The van der Waals surface area contributed by atoms with E-state index < -0.39 is 5.91 Å². The van der Waals surface area contributed by atoms with Crippen LogP contribution in [0.3, 0.4) is 0 Å². The van der Waals surface area contributed by atoms with Crippen molar-refractivity contribution in [1.82, 2.24) is 4.90 Å². The molecule has 3 rings (SSSR count). The number of amides is 2. The van der Waals surface area contributed by atoms with E-state index in [0.29, 0.717) is 17.2 Å². The number of ether oxygens (including phenoxy) is 1. The van der Waals surface area contributed by atoms with Gasteiger partial charge in [-0.2, -0.15) is 0 Å². The minimum atomic E-state index is -0.406. The topological polar surface area (TPSA) is 92.0 Å². The summed E-state index contributed by atoms with van der Waals surface area (Å²) in [5, 5.41) is 11.6. The van der Waals surface area contributed by atoms with Gasteiger partial charge >= 0.3 is 0 Å². The van der Waals surface area contributed by atoms with Gasteiger partial charge in [0.05, 0.1) is 19.4 Å². The lowest BCUT2D eigenvalue weighted by molar-refractivity contribution is -0.138. The molecular formula is C17H16N2O5. The van der Waals surface area contributed by atoms with Gasteiger partial charge in [0.2, 0.25) is 0 Å². The first kappa shape index (κ1) is 15.8. The third-order valence-corrected chi connectivity index (χ3v) is 3.40. The van der Waals surface area contributed by atoms with Crippen LogP contribution in [0.15, 0.2) is 58.9 Å². The molecule has 0 radical (unpaired) electrons. The molecule has 0 unspecified atom stereocenters. The first-order valence-corrected chi connectivity index (χ1v) is 7.38. The van der Waals surface area contributed by atoms with Crippen molar-refractivity contribution in [2.45, 2.75) is 6.54 Å². The Morgan fingerprint density at radius 1 is 1.17 bits per heavy atom. The highest BCUT2D eigenvalue weighted by atomic mass is 16.5. The molecular weight excluding hydrogens is 312 g/mol. The zero-order valence-electron chi connectivity index (χ0n) is 12.8. The zero-order chi connectivity index (χ0) is 16.9. The molecule has 24 heavy (non-hydrogen) atoms. The van der Waals surface area contributed by atoms with Gasteiger partial charge in [0.25, 0.3) is 11.8 Å². The second-order valence-corrected chi connectivity index (χ2v) is 5.09. The first-order chi connectivity index (χ1) is 11.7. The molecule has 1 aromatic heterocycles. The van der Waals surface area contributed by atoms with Gasteiger partial charge in [0.15, 0.2) is 0 Å². The van der Waals surface area contributed by atoms with Crippen LogP contribution in [0.2, 0.25) is 0 Å². The van der Waals surface area contributed by atoms with E-state index in [0.717, 1.165) is 4.90 Å². The highest BCUT2D eigenvalue weighted by molar-refractivity contribution is 6.17. The number of furan rings is 1. The van der Waals surface area contributed by atoms with Crippen molar-refractivity contribution in [2.75, 3.05) is 18.5 Å². The SMILES string of the molecule is O=C1C=C(Nc2ccc(OCCO)cc2)C(=O)N1Cc1ccco1. The van der Waals surface area contributed by atoms with Crippen LogP contribution in [0.4, 0.5) is 5.69 Å². The largest absolute Gasteiger partial charge is 0.491 e. The Morgan fingerprint density at radius 2 is 1.96 bits per heavy atom. The van der Waals surface area contributed by atoms with Crippen LogP contribution in [0.5, 0.6) is 5.75 Å². The number of carbonyl (C=O) groups excluding carboxylic acids is 2. The third kappa shape index (κ3) is 3.47. The van der Waals surface area contributed by atoms with Gasteiger partial charge < -0.3 is 19.6 Å². The predicted molar refractivity (Wildman–Crippen MR) is 85.0 cm³/mol. The van der Waals surface area contributed by atoms with Gasteiger partial charge in [0.1, 0.15) is 23.8 Å². The summed E-state index contributed by atoms with van der Waals surface area (Å²) in [5.41, 5.74) is 0.856. The van der Waals surface area contributed by atoms with Gasteiger partial charge in [0, 0.05) is 11.8 Å². The maximum absolute atomic E-state index is 12.3. The first-order valence-electron chi connectivity index (χ1n) is 7.38. The highest BCUT2D eigenvalue weighted by Crippen LogP contribution is 2.21. The van der Waals surface area contributed by atoms with Crippen LogP contribution < -0.4 is 10.1 Å². The maximum atomic E-state index is 12.3. The van der Waals surface area contributed by atoms with Crippen LogP contribution in [0.1, 0.15) is 5.76 Å². The minimum absolute atomic E-state index is 0.0605. The van der Waals surface area contributed by atoms with Crippen molar-refractivity contribution < 1.29 is 23.8 Å². The average Bonchev–Trinajstić information content (AvgIpc) is 3.19. The van der Waals surface area contributed by atoms with E-state index in [-0.39, 0.29) is 31.4 Å². The number of nitrogens with zero attached hydrogens (tertiary/aromatic N) is 1. The minimum Gasteiger partial charge on any atom is -0.491 e. The quantitative estimate of drug-likeness (QED) is 0.749. The summed E-state index contributed by atoms with van der Waals surface area (Å²) >= 11 is 0. The van der Waals surface area contributed by atoms with Gasteiger partial charge in [-0.1, -0.05) is 0 Å². The molecule has 2 heterocycles. The van der Waals surface area contributed by atoms with E-state index in [1.165, 1.54) is 12.3 Å². The van der Waals surface area contributed by atoms with Crippen molar-refractivity contribution in [3.8, 4) is 5.75 Å².